The van der Waals surface area contributed by atoms with Crippen LogP contribution in [0, 0.1) is 17.6 Å². The third-order valence-electron chi connectivity index (χ3n) is 3.46. The van der Waals surface area contributed by atoms with Gasteiger partial charge < -0.3 is 0 Å². The molecular weight excluding hydrogens is 308 g/mol. The summed E-state index contributed by atoms with van der Waals surface area (Å²) in [7, 11) is -4.04. The van der Waals surface area contributed by atoms with Crippen LogP contribution < -0.4 is 4.72 Å². The molecule has 2 rings (SSSR count). The van der Waals surface area contributed by atoms with Crippen molar-refractivity contribution in [1.29, 1.82) is 0 Å². The summed E-state index contributed by atoms with van der Waals surface area (Å²) in [6, 6.07) is 2.37. The van der Waals surface area contributed by atoms with Gasteiger partial charge in [0.15, 0.2) is 0 Å². The molecule has 1 aromatic rings. The lowest BCUT2D eigenvalue weighted by Gasteiger charge is -2.25. The lowest BCUT2D eigenvalue weighted by Crippen LogP contribution is -2.32. The Labute approximate surface area is 122 Å². The van der Waals surface area contributed by atoms with E-state index >= 15 is 0 Å². The molecule has 2 unspecified atom stereocenters. The van der Waals surface area contributed by atoms with Gasteiger partial charge in [-0.05, 0) is 43.4 Å². The Morgan fingerprint density at radius 3 is 2.75 bits per heavy atom. The van der Waals surface area contributed by atoms with Crippen LogP contribution in [0.1, 0.15) is 25.7 Å². The molecule has 1 aromatic carbocycles. The lowest BCUT2D eigenvalue weighted by atomic mass is 9.89. The first kappa shape index (κ1) is 15.7. The molecule has 1 aliphatic rings. The zero-order valence-corrected chi connectivity index (χ0v) is 12.4. The van der Waals surface area contributed by atoms with Crippen molar-refractivity contribution in [1.82, 2.24) is 4.72 Å². The molecule has 0 radical (unpaired) electrons. The van der Waals surface area contributed by atoms with E-state index in [9.17, 15) is 17.2 Å². The van der Waals surface area contributed by atoms with Crippen LogP contribution in [0.3, 0.4) is 0 Å². The van der Waals surface area contributed by atoms with Crippen molar-refractivity contribution in [3.8, 4) is 0 Å². The summed E-state index contributed by atoms with van der Waals surface area (Å²) in [5.41, 5.74) is 0. The van der Waals surface area contributed by atoms with E-state index in [-0.39, 0.29) is 17.8 Å². The Morgan fingerprint density at radius 1 is 1.30 bits per heavy atom. The summed E-state index contributed by atoms with van der Waals surface area (Å²) < 4.78 is 52.8. The van der Waals surface area contributed by atoms with Gasteiger partial charge in [0.2, 0.25) is 10.0 Å². The molecule has 0 heterocycles. The fourth-order valence-corrected chi connectivity index (χ4v) is 4.01. The van der Waals surface area contributed by atoms with Gasteiger partial charge in [-0.15, -0.1) is 11.6 Å². The molecule has 3 nitrogen and oxygen atoms in total. The Hall–Kier alpha value is -0.720. The molecule has 0 bridgehead atoms. The molecule has 1 aliphatic carbocycles. The fraction of sp³-hybridized carbons (Fsp3) is 0.538. The van der Waals surface area contributed by atoms with Gasteiger partial charge in [0.05, 0.1) is 0 Å². The van der Waals surface area contributed by atoms with Crippen LogP contribution in [-0.4, -0.2) is 20.3 Å². The van der Waals surface area contributed by atoms with E-state index in [0.717, 1.165) is 37.8 Å². The number of sulfonamides is 1. The average Bonchev–Trinajstić information content (AvgIpc) is 2.39. The quantitative estimate of drug-likeness (QED) is 0.866. The van der Waals surface area contributed by atoms with Gasteiger partial charge in [0.1, 0.15) is 16.5 Å². The molecule has 0 aromatic heterocycles. The molecule has 0 saturated heterocycles. The van der Waals surface area contributed by atoms with Crippen molar-refractivity contribution >= 4 is 21.6 Å². The van der Waals surface area contributed by atoms with Crippen molar-refractivity contribution in [3.63, 3.8) is 0 Å². The Morgan fingerprint density at radius 2 is 2.05 bits per heavy atom. The van der Waals surface area contributed by atoms with Gasteiger partial charge in [-0.3, -0.25) is 0 Å². The number of alkyl halides is 1. The molecule has 20 heavy (non-hydrogen) atoms. The molecular formula is C13H16ClF2NO2S. The topological polar surface area (TPSA) is 46.2 Å². The van der Waals surface area contributed by atoms with E-state index in [1.807, 2.05) is 0 Å². The third-order valence-corrected chi connectivity index (χ3v) is 5.30. The van der Waals surface area contributed by atoms with Crippen molar-refractivity contribution in [3.05, 3.63) is 29.8 Å². The van der Waals surface area contributed by atoms with Gasteiger partial charge >= 0.3 is 0 Å². The van der Waals surface area contributed by atoms with Crippen LogP contribution in [0.15, 0.2) is 23.1 Å². The molecule has 112 valence electrons. The smallest absolute Gasteiger partial charge is 0.211 e. The first-order valence-corrected chi connectivity index (χ1v) is 8.39. The second-order valence-corrected chi connectivity index (χ2v) is 7.41. The highest BCUT2D eigenvalue weighted by Gasteiger charge is 2.24. The van der Waals surface area contributed by atoms with Crippen LogP contribution in [0.25, 0.3) is 0 Å². The molecule has 0 amide bonds. The maximum absolute atomic E-state index is 13.5. The summed E-state index contributed by atoms with van der Waals surface area (Å²) in [5, 5.41) is 0.0594. The van der Waals surface area contributed by atoms with Crippen molar-refractivity contribution in [2.75, 3.05) is 6.54 Å². The van der Waals surface area contributed by atoms with E-state index in [4.69, 9.17) is 11.6 Å². The SMILES string of the molecule is O=S(=O)(NCC1CCCC(Cl)C1)c1cc(F)ccc1F. The average molecular weight is 324 g/mol. The molecule has 0 spiro atoms. The van der Waals surface area contributed by atoms with Gasteiger partial charge in [-0.2, -0.15) is 0 Å². The summed E-state index contributed by atoms with van der Waals surface area (Å²) in [6.45, 7) is 0.196. The number of nitrogens with one attached hydrogen (secondary N) is 1. The van der Waals surface area contributed by atoms with E-state index in [1.54, 1.807) is 0 Å². The Bertz CT molecular complexity index is 580. The standard InChI is InChI=1S/C13H16ClF2NO2S/c14-10-3-1-2-9(6-10)8-17-20(18,19)13-7-11(15)4-5-12(13)16/h4-5,7,9-10,17H,1-3,6,8H2. The number of hydrogen-bond acceptors (Lipinski definition) is 2. The molecule has 1 saturated carbocycles. The Balaban J connectivity index is 2.05. The summed E-state index contributed by atoms with van der Waals surface area (Å²) >= 11 is 6.04. The molecule has 0 aliphatic heterocycles. The van der Waals surface area contributed by atoms with Crippen LogP contribution in [0.5, 0.6) is 0 Å². The summed E-state index contributed by atoms with van der Waals surface area (Å²) in [6.07, 6.45) is 3.51. The second kappa shape index (κ2) is 6.37. The van der Waals surface area contributed by atoms with Gasteiger partial charge in [0, 0.05) is 11.9 Å². The van der Waals surface area contributed by atoms with Gasteiger partial charge in [-0.1, -0.05) is 6.42 Å². The first-order valence-electron chi connectivity index (χ1n) is 6.47. The molecule has 1 N–H and O–H groups in total. The van der Waals surface area contributed by atoms with Gasteiger partial charge in [0.25, 0.3) is 0 Å². The van der Waals surface area contributed by atoms with E-state index in [2.05, 4.69) is 4.72 Å². The zero-order chi connectivity index (χ0) is 14.8. The van der Waals surface area contributed by atoms with Crippen LogP contribution in [0.4, 0.5) is 8.78 Å². The number of rotatable bonds is 4. The van der Waals surface area contributed by atoms with Crippen molar-refractivity contribution in [2.45, 2.75) is 36.0 Å². The highest BCUT2D eigenvalue weighted by Crippen LogP contribution is 2.27. The largest absolute Gasteiger partial charge is 0.243 e. The number of benzene rings is 1. The summed E-state index contributed by atoms with van der Waals surface area (Å²) in [4.78, 5) is -0.657. The minimum absolute atomic E-state index is 0.0594. The number of hydrogen-bond donors (Lipinski definition) is 1. The minimum Gasteiger partial charge on any atom is -0.211 e. The first-order chi connectivity index (χ1) is 9.38. The van der Waals surface area contributed by atoms with Crippen molar-refractivity contribution in [2.24, 2.45) is 5.92 Å². The molecule has 1 fully saturated rings. The maximum atomic E-state index is 13.5. The van der Waals surface area contributed by atoms with E-state index < -0.39 is 26.6 Å². The fourth-order valence-electron chi connectivity index (χ4n) is 2.40. The van der Waals surface area contributed by atoms with Crippen LogP contribution >= 0.6 is 11.6 Å². The van der Waals surface area contributed by atoms with Gasteiger partial charge in [-0.25, -0.2) is 21.9 Å². The third kappa shape index (κ3) is 3.90. The number of halogens is 3. The summed E-state index contributed by atoms with van der Waals surface area (Å²) in [5.74, 6) is -1.61. The van der Waals surface area contributed by atoms with Crippen LogP contribution in [0.2, 0.25) is 0 Å². The lowest BCUT2D eigenvalue weighted by molar-refractivity contribution is 0.361. The van der Waals surface area contributed by atoms with Crippen molar-refractivity contribution < 1.29 is 17.2 Å². The predicted molar refractivity (Wildman–Crippen MR) is 73.1 cm³/mol. The monoisotopic (exact) mass is 323 g/mol. The van der Waals surface area contributed by atoms with Crippen LogP contribution in [-0.2, 0) is 10.0 Å². The zero-order valence-electron chi connectivity index (χ0n) is 10.8. The molecule has 2 atom stereocenters. The predicted octanol–water partition coefficient (Wildman–Crippen LogP) is 3.04. The maximum Gasteiger partial charge on any atom is 0.243 e. The Kier molecular flexibility index (Phi) is 4.99. The van der Waals surface area contributed by atoms with E-state index in [0.29, 0.717) is 6.07 Å². The minimum atomic E-state index is -4.04. The normalized spacial score (nSPS) is 23.8. The highest BCUT2D eigenvalue weighted by atomic mass is 35.5. The van der Waals surface area contributed by atoms with E-state index in [1.165, 1.54) is 0 Å². The molecule has 7 heteroatoms. The second-order valence-electron chi connectivity index (χ2n) is 5.06. The highest BCUT2D eigenvalue weighted by molar-refractivity contribution is 7.89.